The van der Waals surface area contributed by atoms with Crippen LogP contribution in [0.3, 0.4) is 0 Å². The molecule has 0 spiro atoms. The van der Waals surface area contributed by atoms with Gasteiger partial charge in [0.05, 0.1) is 6.04 Å². The van der Waals surface area contributed by atoms with Gasteiger partial charge in [-0.1, -0.05) is 5.57 Å². The molecule has 1 saturated heterocycles. The highest BCUT2D eigenvalue weighted by Crippen LogP contribution is 2.31. The molecule has 2 rings (SSSR count). The van der Waals surface area contributed by atoms with Gasteiger partial charge in [0, 0.05) is 25.0 Å². The minimum absolute atomic E-state index is 0.129. The topological polar surface area (TPSA) is 33.2 Å². The number of carbonyl (C=O) groups excluding carboxylic acids is 1. The summed E-state index contributed by atoms with van der Waals surface area (Å²) in [4.78, 5) is 18.1. The number of likely N-dealkylation sites (tertiary alicyclic amines) is 1. The molecule has 0 aromatic carbocycles. The molecule has 17 heavy (non-hydrogen) atoms. The quantitative estimate of drug-likeness (QED) is 0.732. The summed E-state index contributed by atoms with van der Waals surface area (Å²) >= 11 is 0. The van der Waals surface area contributed by atoms with Gasteiger partial charge in [0.15, 0.2) is 0 Å². The molecule has 0 unspecified atom stereocenters. The van der Waals surface area contributed by atoms with Gasteiger partial charge in [-0.25, -0.2) is 0 Å². The highest BCUT2D eigenvalue weighted by molar-refractivity contribution is 5.88. The number of aromatic nitrogens is 1. The van der Waals surface area contributed by atoms with E-state index in [0.717, 1.165) is 25.0 Å². The summed E-state index contributed by atoms with van der Waals surface area (Å²) in [6.45, 7) is 4.76. The van der Waals surface area contributed by atoms with Gasteiger partial charge in [0.2, 0.25) is 5.91 Å². The van der Waals surface area contributed by atoms with Crippen molar-refractivity contribution in [2.75, 3.05) is 6.54 Å². The summed E-state index contributed by atoms with van der Waals surface area (Å²) in [6, 6.07) is 4.22. The van der Waals surface area contributed by atoms with Crippen molar-refractivity contribution in [3.8, 4) is 0 Å². The summed E-state index contributed by atoms with van der Waals surface area (Å²) in [7, 11) is 0. The molecular formula is C14H18N2O. The van der Waals surface area contributed by atoms with E-state index in [0.29, 0.717) is 0 Å². The number of carbonyl (C=O) groups is 1. The number of rotatable bonds is 2. The van der Waals surface area contributed by atoms with Crippen LogP contribution < -0.4 is 0 Å². The number of pyridine rings is 1. The second-order valence-corrected chi connectivity index (χ2v) is 4.69. The Balaban J connectivity index is 2.18. The number of nitrogens with zero attached hydrogens (tertiary/aromatic N) is 2. The first kappa shape index (κ1) is 11.8. The maximum atomic E-state index is 12.1. The number of amides is 1. The second-order valence-electron chi connectivity index (χ2n) is 4.69. The maximum Gasteiger partial charge on any atom is 0.246 e. The summed E-state index contributed by atoms with van der Waals surface area (Å²) < 4.78 is 0. The molecule has 0 saturated carbocycles. The largest absolute Gasteiger partial charge is 0.332 e. The summed E-state index contributed by atoms with van der Waals surface area (Å²) in [5.74, 6) is 0.129. The van der Waals surface area contributed by atoms with E-state index in [1.807, 2.05) is 30.9 Å². The van der Waals surface area contributed by atoms with Crippen molar-refractivity contribution in [1.29, 1.82) is 0 Å². The Labute approximate surface area is 102 Å². The van der Waals surface area contributed by atoms with Crippen LogP contribution in [0.2, 0.25) is 0 Å². The summed E-state index contributed by atoms with van der Waals surface area (Å²) in [6.07, 6.45) is 7.43. The third-order valence-corrected chi connectivity index (χ3v) is 3.04. The normalized spacial score (nSPS) is 19.2. The van der Waals surface area contributed by atoms with Crippen LogP contribution in [0.5, 0.6) is 0 Å². The van der Waals surface area contributed by atoms with Crippen LogP contribution in [0, 0.1) is 0 Å². The SMILES string of the molecule is CC(C)=CC(=O)N1CCC[C@@H]1c1ccncc1. The average molecular weight is 230 g/mol. The molecule has 0 radical (unpaired) electrons. The van der Waals surface area contributed by atoms with Gasteiger partial charge in [0.1, 0.15) is 0 Å². The van der Waals surface area contributed by atoms with Gasteiger partial charge in [-0.15, -0.1) is 0 Å². The van der Waals surface area contributed by atoms with Gasteiger partial charge in [-0.2, -0.15) is 0 Å². The Morgan fingerprint density at radius 2 is 2.12 bits per heavy atom. The molecule has 0 N–H and O–H groups in total. The lowest BCUT2D eigenvalue weighted by molar-refractivity contribution is -0.126. The van der Waals surface area contributed by atoms with Crippen molar-refractivity contribution >= 4 is 5.91 Å². The molecule has 1 aliphatic heterocycles. The third-order valence-electron chi connectivity index (χ3n) is 3.04. The Morgan fingerprint density at radius 3 is 2.76 bits per heavy atom. The molecule has 1 aromatic rings. The van der Waals surface area contributed by atoms with Gasteiger partial charge in [-0.3, -0.25) is 9.78 Å². The number of allylic oxidation sites excluding steroid dienone is 1. The Kier molecular flexibility index (Phi) is 3.57. The zero-order chi connectivity index (χ0) is 12.3. The molecule has 0 bridgehead atoms. The Bertz CT molecular complexity index is 421. The monoisotopic (exact) mass is 230 g/mol. The molecule has 3 nitrogen and oxygen atoms in total. The van der Waals surface area contributed by atoms with E-state index in [2.05, 4.69) is 4.98 Å². The highest BCUT2D eigenvalue weighted by atomic mass is 16.2. The molecule has 3 heteroatoms. The standard InChI is InChI=1S/C14H18N2O/c1-11(2)10-14(17)16-9-3-4-13(16)12-5-7-15-8-6-12/h5-8,10,13H,3-4,9H2,1-2H3/t13-/m1/s1. The average Bonchev–Trinajstić information content (AvgIpc) is 2.78. The zero-order valence-electron chi connectivity index (χ0n) is 10.4. The van der Waals surface area contributed by atoms with Crippen molar-refractivity contribution in [3.05, 3.63) is 41.7 Å². The second kappa shape index (κ2) is 5.13. The van der Waals surface area contributed by atoms with Crippen molar-refractivity contribution in [3.63, 3.8) is 0 Å². The highest BCUT2D eigenvalue weighted by Gasteiger charge is 2.28. The zero-order valence-corrected chi connectivity index (χ0v) is 10.4. The van der Waals surface area contributed by atoms with Crippen LogP contribution in [-0.4, -0.2) is 22.3 Å². The number of hydrogen-bond acceptors (Lipinski definition) is 2. The first-order valence-electron chi connectivity index (χ1n) is 6.04. The van der Waals surface area contributed by atoms with Crippen LogP contribution in [0.1, 0.15) is 38.3 Å². The van der Waals surface area contributed by atoms with Crippen molar-refractivity contribution < 1.29 is 4.79 Å². The van der Waals surface area contributed by atoms with Crippen LogP contribution in [0.15, 0.2) is 36.2 Å². The van der Waals surface area contributed by atoms with Gasteiger partial charge in [-0.05, 0) is 44.4 Å². The van der Waals surface area contributed by atoms with Crippen molar-refractivity contribution in [2.45, 2.75) is 32.7 Å². The van der Waals surface area contributed by atoms with Crippen LogP contribution in [0.25, 0.3) is 0 Å². The first-order chi connectivity index (χ1) is 8.18. The number of hydrogen-bond donors (Lipinski definition) is 0. The van der Waals surface area contributed by atoms with Gasteiger partial charge < -0.3 is 4.90 Å². The van der Waals surface area contributed by atoms with Gasteiger partial charge >= 0.3 is 0 Å². The molecule has 90 valence electrons. The van der Waals surface area contributed by atoms with Crippen molar-refractivity contribution in [1.82, 2.24) is 9.88 Å². The molecule has 1 amide bonds. The van der Waals surface area contributed by atoms with E-state index in [9.17, 15) is 4.79 Å². The lowest BCUT2D eigenvalue weighted by Gasteiger charge is -2.23. The Hall–Kier alpha value is -1.64. The fraction of sp³-hybridized carbons (Fsp3) is 0.429. The minimum Gasteiger partial charge on any atom is -0.332 e. The van der Waals surface area contributed by atoms with E-state index < -0.39 is 0 Å². The van der Waals surface area contributed by atoms with Gasteiger partial charge in [0.25, 0.3) is 0 Å². The predicted molar refractivity (Wildman–Crippen MR) is 67.4 cm³/mol. The molecule has 1 fully saturated rings. The van der Waals surface area contributed by atoms with E-state index in [1.54, 1.807) is 18.5 Å². The lowest BCUT2D eigenvalue weighted by atomic mass is 10.1. The molecule has 1 atom stereocenters. The molecule has 2 heterocycles. The van der Waals surface area contributed by atoms with Crippen LogP contribution in [-0.2, 0) is 4.79 Å². The molecular weight excluding hydrogens is 212 g/mol. The fourth-order valence-corrected chi connectivity index (χ4v) is 2.29. The lowest BCUT2D eigenvalue weighted by Crippen LogP contribution is -2.29. The van der Waals surface area contributed by atoms with E-state index >= 15 is 0 Å². The third kappa shape index (κ3) is 2.73. The van der Waals surface area contributed by atoms with E-state index in [1.165, 1.54) is 5.56 Å². The summed E-state index contributed by atoms with van der Waals surface area (Å²) in [5.41, 5.74) is 2.24. The van der Waals surface area contributed by atoms with Crippen LogP contribution >= 0.6 is 0 Å². The minimum atomic E-state index is 0.129. The smallest absolute Gasteiger partial charge is 0.246 e. The first-order valence-corrected chi connectivity index (χ1v) is 6.04. The van der Waals surface area contributed by atoms with E-state index in [-0.39, 0.29) is 11.9 Å². The van der Waals surface area contributed by atoms with E-state index in [4.69, 9.17) is 0 Å². The Morgan fingerprint density at radius 1 is 1.41 bits per heavy atom. The molecule has 1 aliphatic rings. The molecule has 0 aliphatic carbocycles. The fourth-order valence-electron chi connectivity index (χ4n) is 2.29. The molecule has 1 aromatic heterocycles. The van der Waals surface area contributed by atoms with Crippen molar-refractivity contribution in [2.24, 2.45) is 0 Å². The van der Waals surface area contributed by atoms with Crippen LogP contribution in [0.4, 0.5) is 0 Å². The summed E-state index contributed by atoms with van der Waals surface area (Å²) in [5, 5.41) is 0. The maximum absolute atomic E-state index is 12.1. The predicted octanol–water partition coefficient (Wildman–Crippen LogP) is 2.71.